The van der Waals surface area contributed by atoms with Crippen LogP contribution in [0.5, 0.6) is 17.2 Å². The van der Waals surface area contributed by atoms with E-state index < -0.39 is 0 Å². The maximum atomic E-state index is 5.68. The largest absolute Gasteiger partial charge is 0.497 e. The minimum Gasteiger partial charge on any atom is -0.497 e. The number of ether oxygens (including phenoxy) is 3. The molecule has 0 N–H and O–H groups in total. The number of rotatable bonds is 4. The molecule has 2 aromatic carbocycles. The van der Waals surface area contributed by atoms with Gasteiger partial charge in [-0.05, 0) is 65.7 Å². The lowest BCUT2D eigenvalue weighted by Crippen LogP contribution is -2.15. The number of benzene rings is 2. The van der Waals surface area contributed by atoms with Crippen LogP contribution in [0.1, 0.15) is 41.9 Å². The van der Waals surface area contributed by atoms with Gasteiger partial charge in [-0.3, -0.25) is 0 Å². The van der Waals surface area contributed by atoms with Gasteiger partial charge in [0, 0.05) is 11.6 Å². The Bertz CT molecular complexity index is 805. The van der Waals surface area contributed by atoms with Crippen molar-refractivity contribution in [2.75, 3.05) is 21.3 Å². The minimum absolute atomic E-state index is 0.543. The summed E-state index contributed by atoms with van der Waals surface area (Å²) in [7, 11) is 5.15. The van der Waals surface area contributed by atoms with E-state index in [1.54, 1.807) is 21.3 Å². The van der Waals surface area contributed by atoms with E-state index in [9.17, 15) is 0 Å². The summed E-state index contributed by atoms with van der Waals surface area (Å²) in [5.74, 6) is 3.78. The van der Waals surface area contributed by atoms with Crippen molar-refractivity contribution in [3.8, 4) is 17.2 Å². The summed E-state index contributed by atoms with van der Waals surface area (Å²) in [4.78, 5) is 0. The molecular weight excluding hydrogens is 312 g/mol. The molecule has 130 valence electrons. The molecule has 0 aromatic heterocycles. The molecule has 0 spiro atoms. The highest BCUT2D eigenvalue weighted by molar-refractivity contribution is 5.89. The summed E-state index contributed by atoms with van der Waals surface area (Å²) in [6, 6.07) is 12.6. The molecule has 2 atom stereocenters. The third kappa shape index (κ3) is 2.68. The quantitative estimate of drug-likeness (QED) is 0.773. The van der Waals surface area contributed by atoms with Crippen molar-refractivity contribution in [2.45, 2.75) is 25.2 Å². The van der Waals surface area contributed by atoms with Crippen molar-refractivity contribution < 1.29 is 14.2 Å². The average molecular weight is 336 g/mol. The van der Waals surface area contributed by atoms with Gasteiger partial charge in [0.2, 0.25) is 0 Å². The number of fused-ring (bicyclic) bond motifs is 3. The summed E-state index contributed by atoms with van der Waals surface area (Å²) >= 11 is 0. The van der Waals surface area contributed by atoms with Gasteiger partial charge in [-0.2, -0.15) is 0 Å². The van der Waals surface area contributed by atoms with Gasteiger partial charge in [0.15, 0.2) is 0 Å². The molecule has 3 heteroatoms. The Labute approximate surface area is 149 Å². The Balaban J connectivity index is 1.86. The second-order valence-electron chi connectivity index (χ2n) is 6.80. The van der Waals surface area contributed by atoms with Crippen LogP contribution in [-0.2, 0) is 0 Å². The van der Waals surface area contributed by atoms with Gasteiger partial charge < -0.3 is 14.2 Å². The van der Waals surface area contributed by atoms with Gasteiger partial charge in [-0.15, -0.1) is 0 Å². The Kier molecular flexibility index (Phi) is 4.16. The van der Waals surface area contributed by atoms with Crippen molar-refractivity contribution in [3.63, 3.8) is 0 Å². The zero-order valence-electron chi connectivity index (χ0n) is 15.0. The van der Waals surface area contributed by atoms with Crippen LogP contribution in [0.15, 0.2) is 36.4 Å². The number of methoxy groups -OCH3 is 3. The normalized spacial score (nSPS) is 21.2. The maximum absolute atomic E-state index is 5.68. The van der Waals surface area contributed by atoms with Gasteiger partial charge in [-0.25, -0.2) is 0 Å². The highest BCUT2D eigenvalue weighted by Gasteiger charge is 2.37. The molecule has 0 bridgehead atoms. The van der Waals surface area contributed by atoms with E-state index in [1.807, 2.05) is 18.2 Å². The van der Waals surface area contributed by atoms with E-state index in [0.717, 1.165) is 17.2 Å². The molecule has 2 aliphatic rings. The van der Waals surface area contributed by atoms with E-state index in [1.165, 1.54) is 41.5 Å². The topological polar surface area (TPSA) is 27.7 Å². The number of hydrogen-bond donors (Lipinski definition) is 0. The molecule has 4 rings (SSSR count). The molecular formula is C22H24O3. The highest BCUT2D eigenvalue weighted by atomic mass is 16.5. The standard InChI is InChI=1S/C22H24O3/c1-23-15-9-7-14(8-10-15)19-13-21-20(18-6-4-5-17(18)19)11-16(24-2)12-22(21)25-3/h7-13,17-18H,4-6H2,1-3H3. The summed E-state index contributed by atoms with van der Waals surface area (Å²) in [6.45, 7) is 0. The molecule has 0 aliphatic heterocycles. The van der Waals surface area contributed by atoms with E-state index in [4.69, 9.17) is 14.2 Å². The Hall–Kier alpha value is -2.42. The first-order chi connectivity index (χ1) is 12.2. The Morgan fingerprint density at radius 2 is 1.52 bits per heavy atom. The molecule has 25 heavy (non-hydrogen) atoms. The lowest BCUT2D eigenvalue weighted by Gasteiger charge is -2.31. The third-order valence-electron chi connectivity index (χ3n) is 5.64. The molecule has 2 aliphatic carbocycles. The van der Waals surface area contributed by atoms with Crippen LogP contribution in [-0.4, -0.2) is 21.3 Å². The van der Waals surface area contributed by atoms with Crippen LogP contribution in [0, 0.1) is 5.92 Å². The number of hydrogen-bond acceptors (Lipinski definition) is 3. The van der Waals surface area contributed by atoms with Gasteiger partial charge in [0.1, 0.15) is 17.2 Å². The summed E-state index contributed by atoms with van der Waals surface area (Å²) in [5.41, 5.74) is 5.27. The van der Waals surface area contributed by atoms with Crippen LogP contribution in [0.3, 0.4) is 0 Å². The van der Waals surface area contributed by atoms with Crippen molar-refractivity contribution in [2.24, 2.45) is 5.92 Å². The van der Waals surface area contributed by atoms with Crippen molar-refractivity contribution in [1.29, 1.82) is 0 Å². The Morgan fingerprint density at radius 1 is 0.800 bits per heavy atom. The van der Waals surface area contributed by atoms with Gasteiger partial charge in [0.05, 0.1) is 21.3 Å². The molecule has 2 unspecified atom stereocenters. The fraction of sp³-hybridized carbons (Fsp3) is 0.364. The van der Waals surface area contributed by atoms with Crippen molar-refractivity contribution >= 4 is 11.6 Å². The molecule has 0 radical (unpaired) electrons. The van der Waals surface area contributed by atoms with Crippen molar-refractivity contribution in [1.82, 2.24) is 0 Å². The first-order valence-electron chi connectivity index (χ1n) is 8.87. The minimum atomic E-state index is 0.543. The molecule has 1 fully saturated rings. The molecule has 2 aromatic rings. The van der Waals surface area contributed by atoms with E-state index >= 15 is 0 Å². The SMILES string of the molecule is COc1ccc(C2=Cc3c(OC)cc(OC)cc3C3CCCC23)cc1. The van der Waals surface area contributed by atoms with Gasteiger partial charge in [-0.1, -0.05) is 18.6 Å². The molecule has 3 nitrogen and oxygen atoms in total. The summed E-state index contributed by atoms with van der Waals surface area (Å²) < 4.78 is 16.5. The van der Waals surface area contributed by atoms with Gasteiger partial charge >= 0.3 is 0 Å². The van der Waals surface area contributed by atoms with Crippen LogP contribution in [0.2, 0.25) is 0 Å². The first kappa shape index (κ1) is 16.1. The summed E-state index contributed by atoms with van der Waals surface area (Å²) in [6.07, 6.45) is 6.05. The van der Waals surface area contributed by atoms with Crippen LogP contribution >= 0.6 is 0 Å². The van der Waals surface area contributed by atoms with Gasteiger partial charge in [0.25, 0.3) is 0 Å². The lowest BCUT2D eigenvalue weighted by molar-refractivity contribution is 0.391. The first-order valence-corrected chi connectivity index (χ1v) is 8.87. The summed E-state index contributed by atoms with van der Waals surface area (Å²) in [5, 5.41) is 0. The van der Waals surface area contributed by atoms with E-state index in [2.05, 4.69) is 24.3 Å². The highest BCUT2D eigenvalue weighted by Crippen LogP contribution is 2.53. The fourth-order valence-electron chi connectivity index (χ4n) is 4.42. The predicted molar refractivity (Wildman–Crippen MR) is 100 cm³/mol. The zero-order valence-corrected chi connectivity index (χ0v) is 15.0. The maximum Gasteiger partial charge on any atom is 0.130 e. The molecule has 0 amide bonds. The lowest BCUT2D eigenvalue weighted by atomic mass is 9.74. The third-order valence-corrected chi connectivity index (χ3v) is 5.64. The van der Waals surface area contributed by atoms with E-state index in [0.29, 0.717) is 11.8 Å². The number of allylic oxidation sites excluding steroid dienone is 1. The molecule has 0 heterocycles. The Morgan fingerprint density at radius 3 is 2.20 bits per heavy atom. The second kappa shape index (κ2) is 6.47. The second-order valence-corrected chi connectivity index (χ2v) is 6.80. The predicted octanol–water partition coefficient (Wildman–Crippen LogP) is 5.15. The monoisotopic (exact) mass is 336 g/mol. The van der Waals surface area contributed by atoms with Crippen LogP contribution in [0.25, 0.3) is 11.6 Å². The van der Waals surface area contributed by atoms with E-state index in [-0.39, 0.29) is 0 Å². The van der Waals surface area contributed by atoms with Crippen molar-refractivity contribution in [3.05, 3.63) is 53.1 Å². The van der Waals surface area contributed by atoms with Crippen LogP contribution in [0.4, 0.5) is 0 Å². The average Bonchev–Trinajstić information content (AvgIpc) is 3.16. The zero-order chi connectivity index (χ0) is 17.4. The molecule has 1 saturated carbocycles. The molecule has 0 saturated heterocycles. The smallest absolute Gasteiger partial charge is 0.130 e. The fourth-order valence-corrected chi connectivity index (χ4v) is 4.42. The van der Waals surface area contributed by atoms with Crippen LogP contribution < -0.4 is 14.2 Å².